The van der Waals surface area contributed by atoms with E-state index in [4.69, 9.17) is 15.6 Å². The van der Waals surface area contributed by atoms with Gasteiger partial charge in [-0.15, -0.1) is 0 Å². The van der Waals surface area contributed by atoms with Gasteiger partial charge in [0.1, 0.15) is 12.1 Å². The number of aliphatic carboxylic acids is 1. The molecule has 1 aliphatic carbocycles. The average molecular weight is 277 g/mol. The normalized spacial score (nSPS) is 25.9. The van der Waals surface area contributed by atoms with Crippen molar-refractivity contribution in [3.63, 3.8) is 0 Å². The van der Waals surface area contributed by atoms with Crippen LogP contribution < -0.4 is 5.73 Å². The van der Waals surface area contributed by atoms with Gasteiger partial charge in [-0.3, -0.25) is 9.59 Å². The highest BCUT2D eigenvalue weighted by Gasteiger charge is 2.42. The Morgan fingerprint density at radius 2 is 2.05 bits per heavy atom. The lowest BCUT2D eigenvalue weighted by atomic mass is 9.76. The summed E-state index contributed by atoms with van der Waals surface area (Å²) in [4.78, 5) is 23.2. The number of ether oxygens (including phenoxy) is 1. The molecule has 20 heavy (non-hydrogen) atoms. The summed E-state index contributed by atoms with van der Waals surface area (Å²) in [5.74, 6) is -1.82. The predicted molar refractivity (Wildman–Crippen MR) is 72.8 cm³/mol. The van der Waals surface area contributed by atoms with Crippen LogP contribution in [0.1, 0.15) is 31.2 Å². The van der Waals surface area contributed by atoms with Crippen LogP contribution >= 0.6 is 0 Å². The molecule has 1 saturated carbocycles. The van der Waals surface area contributed by atoms with E-state index in [1.165, 1.54) is 0 Å². The lowest BCUT2D eigenvalue weighted by Crippen LogP contribution is -2.52. The van der Waals surface area contributed by atoms with Crippen LogP contribution in [0.25, 0.3) is 0 Å². The molecule has 0 saturated heterocycles. The van der Waals surface area contributed by atoms with E-state index in [1.54, 1.807) is 0 Å². The first-order chi connectivity index (χ1) is 9.51. The fourth-order valence-electron chi connectivity index (χ4n) is 2.55. The van der Waals surface area contributed by atoms with Gasteiger partial charge < -0.3 is 15.6 Å². The Labute approximate surface area is 117 Å². The SMILES string of the molecule is N[C@]1(C(=O)O)CCC[C@H](C(=O)OCc2ccccc2)C1. The van der Waals surface area contributed by atoms with E-state index in [2.05, 4.69) is 0 Å². The first-order valence-electron chi connectivity index (χ1n) is 6.74. The predicted octanol–water partition coefficient (Wildman–Crippen LogP) is 1.70. The van der Waals surface area contributed by atoms with Crippen LogP contribution in [-0.2, 0) is 20.9 Å². The monoisotopic (exact) mass is 277 g/mol. The Morgan fingerprint density at radius 3 is 2.70 bits per heavy atom. The highest BCUT2D eigenvalue weighted by atomic mass is 16.5. The molecule has 0 aromatic heterocycles. The summed E-state index contributed by atoms with van der Waals surface area (Å²) in [6.07, 6.45) is 1.83. The first kappa shape index (κ1) is 14.5. The molecular weight excluding hydrogens is 258 g/mol. The molecule has 5 heteroatoms. The van der Waals surface area contributed by atoms with Crippen molar-refractivity contribution in [1.82, 2.24) is 0 Å². The molecular formula is C15H19NO4. The molecule has 1 aromatic rings. The standard InChI is InChI=1S/C15H19NO4/c16-15(14(18)19)8-4-7-12(9-15)13(17)20-10-11-5-2-1-3-6-11/h1-3,5-6,12H,4,7-10,16H2,(H,18,19)/t12-,15+/m0/s1. The van der Waals surface area contributed by atoms with E-state index < -0.39 is 17.4 Å². The van der Waals surface area contributed by atoms with E-state index in [9.17, 15) is 9.59 Å². The van der Waals surface area contributed by atoms with Gasteiger partial charge >= 0.3 is 11.9 Å². The molecule has 0 amide bonds. The van der Waals surface area contributed by atoms with Crippen LogP contribution in [0.15, 0.2) is 30.3 Å². The number of hydrogen-bond acceptors (Lipinski definition) is 4. The minimum atomic E-state index is -1.30. The number of carboxylic acid groups (broad SMARTS) is 1. The lowest BCUT2D eigenvalue weighted by molar-refractivity contribution is -0.154. The molecule has 1 fully saturated rings. The molecule has 0 aliphatic heterocycles. The first-order valence-corrected chi connectivity index (χ1v) is 6.74. The van der Waals surface area contributed by atoms with E-state index in [-0.39, 0.29) is 19.0 Å². The number of nitrogens with two attached hydrogens (primary N) is 1. The van der Waals surface area contributed by atoms with Crippen molar-refractivity contribution in [2.45, 2.75) is 37.8 Å². The molecule has 0 bridgehead atoms. The second-order valence-electron chi connectivity index (χ2n) is 5.35. The number of esters is 1. The molecule has 2 atom stereocenters. The highest BCUT2D eigenvalue weighted by molar-refractivity contribution is 5.81. The van der Waals surface area contributed by atoms with Gasteiger partial charge in [-0.05, 0) is 24.8 Å². The van der Waals surface area contributed by atoms with Gasteiger partial charge in [0, 0.05) is 0 Å². The van der Waals surface area contributed by atoms with E-state index in [1.807, 2.05) is 30.3 Å². The Bertz CT molecular complexity index is 488. The van der Waals surface area contributed by atoms with Crippen molar-refractivity contribution in [1.29, 1.82) is 0 Å². The lowest BCUT2D eigenvalue weighted by Gasteiger charge is -2.33. The zero-order valence-electron chi connectivity index (χ0n) is 11.2. The minimum Gasteiger partial charge on any atom is -0.480 e. The Morgan fingerprint density at radius 1 is 1.35 bits per heavy atom. The third kappa shape index (κ3) is 3.36. The van der Waals surface area contributed by atoms with Crippen LogP contribution in [0.2, 0.25) is 0 Å². The van der Waals surface area contributed by atoms with Crippen molar-refractivity contribution in [2.24, 2.45) is 11.7 Å². The third-order valence-corrected chi connectivity index (χ3v) is 3.77. The van der Waals surface area contributed by atoms with Crippen LogP contribution in [-0.4, -0.2) is 22.6 Å². The van der Waals surface area contributed by atoms with Crippen molar-refractivity contribution in [3.05, 3.63) is 35.9 Å². The summed E-state index contributed by atoms with van der Waals surface area (Å²) in [5.41, 5.74) is 5.44. The summed E-state index contributed by atoms with van der Waals surface area (Å²) in [6, 6.07) is 9.39. The molecule has 1 aromatic carbocycles. The number of hydrogen-bond donors (Lipinski definition) is 2. The molecule has 108 valence electrons. The molecule has 0 spiro atoms. The Hall–Kier alpha value is -1.88. The highest BCUT2D eigenvalue weighted by Crippen LogP contribution is 2.31. The fraction of sp³-hybridized carbons (Fsp3) is 0.467. The number of benzene rings is 1. The smallest absolute Gasteiger partial charge is 0.323 e. The summed E-state index contributed by atoms with van der Waals surface area (Å²) < 4.78 is 5.25. The van der Waals surface area contributed by atoms with E-state index in [0.29, 0.717) is 19.3 Å². The van der Waals surface area contributed by atoms with Gasteiger partial charge in [0.25, 0.3) is 0 Å². The van der Waals surface area contributed by atoms with Crippen molar-refractivity contribution >= 4 is 11.9 Å². The molecule has 2 rings (SSSR count). The molecule has 3 N–H and O–H groups in total. The molecule has 0 unspecified atom stereocenters. The quantitative estimate of drug-likeness (QED) is 0.818. The minimum absolute atomic E-state index is 0.149. The van der Waals surface area contributed by atoms with Gasteiger partial charge in [-0.1, -0.05) is 36.8 Å². The van der Waals surface area contributed by atoms with Crippen molar-refractivity contribution < 1.29 is 19.4 Å². The summed E-state index contributed by atoms with van der Waals surface area (Å²) in [7, 11) is 0. The number of carbonyl (C=O) groups is 2. The third-order valence-electron chi connectivity index (χ3n) is 3.77. The largest absolute Gasteiger partial charge is 0.480 e. The van der Waals surface area contributed by atoms with Crippen LogP contribution in [0.3, 0.4) is 0 Å². The average Bonchev–Trinajstić information content (AvgIpc) is 2.46. The van der Waals surface area contributed by atoms with Gasteiger partial charge in [-0.2, -0.15) is 0 Å². The van der Waals surface area contributed by atoms with Crippen LogP contribution in [0.5, 0.6) is 0 Å². The summed E-state index contributed by atoms with van der Waals surface area (Å²) >= 11 is 0. The topological polar surface area (TPSA) is 89.6 Å². The number of rotatable bonds is 4. The van der Waals surface area contributed by atoms with E-state index in [0.717, 1.165) is 5.56 Å². The Kier molecular flexibility index (Phi) is 4.39. The van der Waals surface area contributed by atoms with Gasteiger partial charge in [0.05, 0.1) is 5.92 Å². The number of carbonyl (C=O) groups excluding carboxylic acids is 1. The van der Waals surface area contributed by atoms with Gasteiger partial charge in [0.2, 0.25) is 0 Å². The zero-order valence-corrected chi connectivity index (χ0v) is 11.2. The molecule has 1 aliphatic rings. The number of carboxylic acids is 1. The maximum absolute atomic E-state index is 12.0. The summed E-state index contributed by atoms with van der Waals surface area (Å²) in [6.45, 7) is 0.209. The maximum Gasteiger partial charge on any atom is 0.323 e. The van der Waals surface area contributed by atoms with Crippen molar-refractivity contribution in [3.8, 4) is 0 Å². The van der Waals surface area contributed by atoms with E-state index >= 15 is 0 Å². The molecule has 5 nitrogen and oxygen atoms in total. The van der Waals surface area contributed by atoms with Gasteiger partial charge in [-0.25, -0.2) is 0 Å². The second kappa shape index (κ2) is 6.05. The van der Waals surface area contributed by atoms with Crippen LogP contribution in [0, 0.1) is 5.92 Å². The second-order valence-corrected chi connectivity index (χ2v) is 5.35. The fourth-order valence-corrected chi connectivity index (χ4v) is 2.55. The van der Waals surface area contributed by atoms with Crippen molar-refractivity contribution in [2.75, 3.05) is 0 Å². The van der Waals surface area contributed by atoms with Crippen LogP contribution in [0.4, 0.5) is 0 Å². The summed E-state index contributed by atoms with van der Waals surface area (Å²) in [5, 5.41) is 9.13. The zero-order chi connectivity index (χ0) is 14.6. The Balaban J connectivity index is 1.91. The maximum atomic E-state index is 12.0. The van der Waals surface area contributed by atoms with Gasteiger partial charge in [0.15, 0.2) is 0 Å². The molecule has 0 heterocycles. The molecule has 0 radical (unpaired) electrons.